The number of nitro benzene ring substituents is 1. The maximum Gasteiger partial charge on any atom is 0.305 e. The molecule has 0 bridgehead atoms. The number of hydrogen-bond acceptors (Lipinski definition) is 3. The van der Waals surface area contributed by atoms with Crippen LogP contribution in [0, 0.1) is 15.9 Å². The molecule has 0 amide bonds. The molecule has 1 N–H and O–H groups in total. The summed E-state index contributed by atoms with van der Waals surface area (Å²) in [6.07, 6.45) is 0.197. The molecule has 18 heavy (non-hydrogen) atoms. The van der Waals surface area contributed by atoms with Crippen molar-refractivity contribution in [2.24, 2.45) is 0 Å². The van der Waals surface area contributed by atoms with Crippen LogP contribution in [-0.2, 0) is 17.7 Å². The number of nitro groups is 1. The third-order valence-corrected chi connectivity index (χ3v) is 3.34. The van der Waals surface area contributed by atoms with Crippen LogP contribution < -0.4 is 0 Å². The summed E-state index contributed by atoms with van der Waals surface area (Å²) in [7, 11) is 1.40. The molecule has 100 valence electrons. The van der Waals surface area contributed by atoms with E-state index in [1.165, 1.54) is 7.05 Å². The molecular formula is C9H10ClFN2O4S. The summed E-state index contributed by atoms with van der Waals surface area (Å²) in [4.78, 5) is 9.71. The molecule has 1 unspecified atom stereocenters. The van der Waals surface area contributed by atoms with E-state index in [4.69, 9.17) is 16.2 Å². The molecule has 0 spiro atoms. The zero-order valence-corrected chi connectivity index (χ0v) is 10.9. The molecule has 0 aliphatic rings. The fourth-order valence-electron chi connectivity index (χ4n) is 1.27. The first-order valence-electron chi connectivity index (χ1n) is 4.77. The molecule has 1 aromatic rings. The number of benzene rings is 1. The van der Waals surface area contributed by atoms with E-state index < -0.39 is 27.7 Å². The summed E-state index contributed by atoms with van der Waals surface area (Å²) >= 11 is 3.62. The van der Waals surface area contributed by atoms with E-state index in [1.54, 1.807) is 0 Å². The van der Waals surface area contributed by atoms with Crippen molar-refractivity contribution in [2.45, 2.75) is 6.42 Å². The van der Waals surface area contributed by atoms with Crippen LogP contribution in [-0.4, -0.2) is 31.6 Å². The third kappa shape index (κ3) is 3.70. The summed E-state index contributed by atoms with van der Waals surface area (Å²) in [6, 6.07) is 1.90. The van der Waals surface area contributed by atoms with Crippen LogP contribution in [0.2, 0.25) is 5.02 Å². The van der Waals surface area contributed by atoms with E-state index in [-0.39, 0.29) is 18.0 Å². The predicted octanol–water partition coefficient (Wildman–Crippen LogP) is 2.00. The summed E-state index contributed by atoms with van der Waals surface area (Å²) < 4.78 is 33.7. The van der Waals surface area contributed by atoms with Crippen LogP contribution in [0.5, 0.6) is 0 Å². The van der Waals surface area contributed by atoms with Crippen LogP contribution in [0.3, 0.4) is 0 Å². The Bertz CT molecular complexity index is 500. The van der Waals surface area contributed by atoms with Crippen LogP contribution in [0.4, 0.5) is 10.1 Å². The Morgan fingerprint density at radius 1 is 1.61 bits per heavy atom. The van der Waals surface area contributed by atoms with Crippen LogP contribution in [0.25, 0.3) is 0 Å². The highest BCUT2D eigenvalue weighted by Gasteiger charge is 2.18. The molecule has 9 heteroatoms. The molecule has 0 aromatic heterocycles. The van der Waals surface area contributed by atoms with Gasteiger partial charge in [0.05, 0.1) is 4.92 Å². The molecule has 0 saturated heterocycles. The number of hydrogen-bond donors (Lipinski definition) is 1. The highest BCUT2D eigenvalue weighted by Crippen LogP contribution is 2.26. The second-order valence-corrected chi connectivity index (χ2v) is 4.98. The van der Waals surface area contributed by atoms with Crippen LogP contribution in [0.15, 0.2) is 12.1 Å². The Morgan fingerprint density at radius 2 is 2.22 bits per heavy atom. The summed E-state index contributed by atoms with van der Waals surface area (Å²) in [5.41, 5.74) is -0.316. The highest BCUT2D eigenvalue weighted by atomic mass is 35.5. The standard InChI is InChI=1S/C9H10ClFN2O4S/c1-12(18(16)17)3-2-6-4-9(13(14)15)8(11)5-7(6)10/h4-5H,2-3H2,1H3,(H,16,17). The van der Waals surface area contributed by atoms with E-state index in [0.717, 1.165) is 16.4 Å². The fraction of sp³-hybridized carbons (Fsp3) is 0.333. The fourth-order valence-corrected chi connectivity index (χ4v) is 1.76. The second-order valence-electron chi connectivity index (χ2n) is 3.48. The first kappa shape index (κ1) is 15.0. The Kier molecular flexibility index (Phi) is 5.15. The summed E-state index contributed by atoms with van der Waals surface area (Å²) in [5, 5.41) is 10.6. The molecule has 0 heterocycles. The van der Waals surface area contributed by atoms with Gasteiger partial charge in [0.2, 0.25) is 17.1 Å². The molecule has 6 nitrogen and oxygen atoms in total. The SMILES string of the molecule is CN(CCc1cc([N+](=O)[O-])c(F)cc1Cl)S(=O)O. The van der Waals surface area contributed by atoms with Crippen LogP contribution in [0.1, 0.15) is 5.56 Å². The lowest BCUT2D eigenvalue weighted by atomic mass is 10.1. The third-order valence-electron chi connectivity index (χ3n) is 2.28. The lowest BCUT2D eigenvalue weighted by molar-refractivity contribution is -0.387. The van der Waals surface area contributed by atoms with E-state index >= 15 is 0 Å². The monoisotopic (exact) mass is 296 g/mol. The first-order valence-corrected chi connectivity index (χ1v) is 6.21. The van der Waals surface area contributed by atoms with Gasteiger partial charge in [0.15, 0.2) is 0 Å². The van der Waals surface area contributed by atoms with E-state index in [2.05, 4.69) is 0 Å². The molecule has 0 radical (unpaired) electrons. The van der Waals surface area contributed by atoms with E-state index in [1.807, 2.05) is 0 Å². The van der Waals surface area contributed by atoms with Crippen molar-refractivity contribution in [2.75, 3.05) is 13.6 Å². The largest absolute Gasteiger partial charge is 0.305 e. The smallest absolute Gasteiger partial charge is 0.294 e. The first-order chi connectivity index (χ1) is 8.32. The van der Waals surface area contributed by atoms with Gasteiger partial charge in [-0.05, 0) is 18.1 Å². The molecule has 0 fully saturated rings. The molecular weight excluding hydrogens is 287 g/mol. The van der Waals surface area contributed by atoms with Gasteiger partial charge in [0.1, 0.15) is 0 Å². The van der Waals surface area contributed by atoms with Crippen LogP contribution >= 0.6 is 11.6 Å². The summed E-state index contributed by atoms with van der Waals surface area (Å²) in [5.74, 6) is -1.01. The lowest BCUT2D eigenvalue weighted by Crippen LogP contribution is -2.23. The maximum atomic E-state index is 13.2. The van der Waals surface area contributed by atoms with Crippen molar-refractivity contribution in [3.63, 3.8) is 0 Å². The lowest BCUT2D eigenvalue weighted by Gasteiger charge is -2.11. The average Bonchev–Trinajstić information content (AvgIpc) is 2.26. The molecule has 0 saturated carbocycles. The molecule has 0 aliphatic carbocycles. The van der Waals surface area contributed by atoms with Gasteiger partial charge in [-0.3, -0.25) is 14.7 Å². The van der Waals surface area contributed by atoms with Crippen molar-refractivity contribution in [3.8, 4) is 0 Å². The minimum atomic E-state index is -2.13. The van der Waals surface area contributed by atoms with Crippen molar-refractivity contribution >= 4 is 28.6 Å². The van der Waals surface area contributed by atoms with Gasteiger partial charge in [-0.2, -0.15) is 4.39 Å². The van der Waals surface area contributed by atoms with Gasteiger partial charge in [-0.1, -0.05) is 11.6 Å². The van der Waals surface area contributed by atoms with Crippen molar-refractivity contribution in [1.29, 1.82) is 0 Å². The van der Waals surface area contributed by atoms with Gasteiger partial charge in [0, 0.05) is 24.7 Å². The van der Waals surface area contributed by atoms with Crippen molar-refractivity contribution in [3.05, 3.63) is 38.7 Å². The van der Waals surface area contributed by atoms with Gasteiger partial charge >= 0.3 is 5.69 Å². The van der Waals surface area contributed by atoms with Gasteiger partial charge < -0.3 is 0 Å². The molecule has 1 aromatic carbocycles. The Morgan fingerprint density at radius 3 is 2.72 bits per heavy atom. The Hall–Kier alpha value is -1.09. The Labute approximate surface area is 110 Å². The predicted molar refractivity (Wildman–Crippen MR) is 65.2 cm³/mol. The summed E-state index contributed by atoms with van der Waals surface area (Å²) in [6.45, 7) is 0.158. The zero-order valence-electron chi connectivity index (χ0n) is 9.30. The number of likely N-dealkylation sites (N-methyl/N-ethyl adjacent to an activating group) is 1. The normalized spacial score (nSPS) is 12.7. The Balaban J connectivity index is 2.92. The number of rotatable bonds is 5. The molecule has 1 atom stereocenters. The van der Waals surface area contributed by atoms with Crippen molar-refractivity contribution in [1.82, 2.24) is 4.31 Å². The number of halogens is 2. The minimum absolute atomic E-state index is 0.0511. The maximum absolute atomic E-state index is 13.2. The van der Waals surface area contributed by atoms with Crippen molar-refractivity contribution < 1.29 is 18.1 Å². The van der Waals surface area contributed by atoms with Gasteiger partial charge in [-0.25, -0.2) is 8.51 Å². The molecule has 1 rings (SSSR count). The number of nitrogens with zero attached hydrogens (tertiary/aromatic N) is 2. The van der Waals surface area contributed by atoms with Gasteiger partial charge in [-0.15, -0.1) is 0 Å². The molecule has 0 aliphatic heterocycles. The average molecular weight is 297 g/mol. The quantitative estimate of drug-likeness (QED) is 0.512. The van der Waals surface area contributed by atoms with E-state index in [9.17, 15) is 18.7 Å². The zero-order chi connectivity index (χ0) is 13.9. The highest BCUT2D eigenvalue weighted by molar-refractivity contribution is 7.76. The second kappa shape index (κ2) is 6.19. The topological polar surface area (TPSA) is 83.7 Å². The minimum Gasteiger partial charge on any atom is -0.294 e. The van der Waals surface area contributed by atoms with Gasteiger partial charge in [0.25, 0.3) is 0 Å². The van der Waals surface area contributed by atoms with E-state index in [0.29, 0.717) is 5.56 Å².